The van der Waals surface area contributed by atoms with E-state index in [1.165, 1.54) is 27.7 Å². The molecule has 2 aromatic carbocycles. The number of phosphoric acid groups is 3. The van der Waals surface area contributed by atoms with Gasteiger partial charge in [-0.1, -0.05) is 33.7 Å². The van der Waals surface area contributed by atoms with Crippen LogP contribution in [0.15, 0.2) is 46.9 Å². The summed E-state index contributed by atoms with van der Waals surface area (Å²) >= 11 is 0. The van der Waals surface area contributed by atoms with Crippen LogP contribution in [0.5, 0.6) is 0 Å². The van der Waals surface area contributed by atoms with Gasteiger partial charge in [0.25, 0.3) is 0 Å². The minimum Gasteiger partial charge on any atom is -0.478 e. The summed E-state index contributed by atoms with van der Waals surface area (Å²) in [6.07, 6.45) is 0.180. The second-order valence-corrected chi connectivity index (χ2v) is 25.1. The number of Topliss-reactive ketones (excluding diaryl/α,β-unsaturated/α-hetero) is 2. The molecule has 23 nitrogen and oxygen atoms in total. The number of aromatic carboxylic acids is 1. The summed E-state index contributed by atoms with van der Waals surface area (Å²) in [5.74, 6) is -0.797. The van der Waals surface area contributed by atoms with E-state index >= 15 is 0 Å². The van der Waals surface area contributed by atoms with Crippen LogP contribution in [-0.4, -0.2) is 138 Å². The number of benzene rings is 3. The number of hydrogen-bond acceptors (Lipinski definition) is 20. The normalized spacial score (nSPS) is 17.8. The molecule has 0 bridgehead atoms. The number of carboxylic acids is 1. The van der Waals surface area contributed by atoms with Crippen molar-refractivity contribution in [2.24, 2.45) is 0 Å². The molecule has 0 saturated carbocycles. The van der Waals surface area contributed by atoms with Crippen molar-refractivity contribution in [2.45, 2.75) is 89.2 Å². The molecule has 0 amide bonds. The van der Waals surface area contributed by atoms with Gasteiger partial charge in [-0.3, -0.25) is 14.1 Å². The number of ketones is 2. The van der Waals surface area contributed by atoms with Crippen LogP contribution in [0.3, 0.4) is 0 Å². The lowest BCUT2D eigenvalue weighted by Crippen LogP contribution is -2.29. The summed E-state index contributed by atoms with van der Waals surface area (Å²) in [5.41, 5.74) is 10.4. The molecule has 1 saturated heterocycles. The highest BCUT2D eigenvalue weighted by Gasteiger charge is 2.42. The fourth-order valence-electron chi connectivity index (χ4n) is 7.58. The monoisotopic (exact) mass is 1150 g/mol. The van der Waals surface area contributed by atoms with Gasteiger partial charge in [0, 0.05) is 75.5 Å². The van der Waals surface area contributed by atoms with Crippen molar-refractivity contribution in [3.05, 3.63) is 70.1 Å². The van der Waals surface area contributed by atoms with Gasteiger partial charge in [-0.15, -0.1) is 0 Å². The first-order valence-electron chi connectivity index (χ1n) is 23.4. The molecule has 2 aromatic rings. The summed E-state index contributed by atoms with van der Waals surface area (Å²) in [7, 11) is -7.90. The van der Waals surface area contributed by atoms with Crippen LogP contribution in [0, 0.1) is 19.3 Å². The van der Waals surface area contributed by atoms with E-state index < -0.39 is 54.3 Å². The third kappa shape index (κ3) is 19.8. The Labute approximate surface area is 442 Å². The fraction of sp³-hybridized carbons (Fsp3) is 0.522. The van der Waals surface area contributed by atoms with E-state index in [9.17, 15) is 43.0 Å². The standard InChI is InChI=1S/C46H62BN2O21P3S2/c1-28-36(48)11-9-33-42(34-10-12-37(49)29(2)44(34)68-43(28)33)32-8-7-30(24-35(32)45(52)53)38(51)6-5-16-61-18-20-63-22-23-64-21-19-62-17-14-31(50)13-15-46(3,4)75-74-27-65-39-25-41(47)67-40(39)26-66-72(57,58)70-73(59,60)69-71(54,55)56/h7-12,24,39-41,48H,5-6,13-23,25-27,49H2,1-4H3,(H,52,53)(H,57,58)(H,59,60)(H2,54,55,56)/t39?,40-,41-/m1/s1. The van der Waals surface area contributed by atoms with Gasteiger partial charge in [0.05, 0.1) is 69.9 Å². The summed E-state index contributed by atoms with van der Waals surface area (Å²) in [6.45, 7) is 9.27. The Morgan fingerprint density at radius 2 is 1.47 bits per heavy atom. The lowest BCUT2D eigenvalue weighted by atomic mass is 9.87. The Morgan fingerprint density at radius 3 is 2.12 bits per heavy atom. The number of ether oxygens (including phenoxy) is 6. The highest BCUT2D eigenvalue weighted by Crippen LogP contribution is 2.66. The maximum absolute atomic E-state index is 13.2. The number of phosphoric ester groups is 1. The minimum absolute atomic E-state index is 0.0373. The largest absolute Gasteiger partial charge is 0.490 e. The number of nitrogen functional groups attached to an aromatic ring is 1. The van der Waals surface area contributed by atoms with Crippen LogP contribution < -0.4 is 11.1 Å². The second-order valence-electron chi connectivity index (χ2n) is 17.7. The molecular weight excluding hydrogens is 1080 g/mol. The van der Waals surface area contributed by atoms with Crippen molar-refractivity contribution in [1.82, 2.24) is 0 Å². The van der Waals surface area contributed by atoms with E-state index in [1.54, 1.807) is 43.3 Å². The third-order valence-corrected chi connectivity index (χ3v) is 18.2. The smallest absolute Gasteiger partial charge is 0.478 e. The minimum atomic E-state index is -5.67. The SMILES string of the molecule is [B][C@H]1CC(OCSSC(C)(C)CCC(=O)CCOCCOCCOCCOCCCC(=O)c2ccc(-c3c4ccc(=N)c(C)c-4oc4c(C)c(N)ccc34)c(C(=O)O)c2)[C@@H](COP(=O)(O)OP(=O)(O)OP(=O)(O)O)O1. The average Bonchev–Trinajstić information content (AvgIpc) is 3.69. The zero-order valence-electron chi connectivity index (χ0n) is 41.7. The molecule has 0 aromatic heterocycles. The Morgan fingerprint density at radius 1 is 0.827 bits per heavy atom. The first kappa shape index (κ1) is 62.5. The fourth-order valence-corrected chi connectivity index (χ4v) is 12.9. The van der Waals surface area contributed by atoms with E-state index in [4.69, 9.17) is 61.6 Å². The molecule has 2 heterocycles. The third-order valence-electron chi connectivity index (χ3n) is 11.4. The van der Waals surface area contributed by atoms with Crippen LogP contribution in [-0.2, 0) is 60.1 Å². The highest BCUT2D eigenvalue weighted by molar-refractivity contribution is 8.77. The number of carboxylic acid groups (broad SMARTS) is 1. The molecule has 3 aliphatic rings. The van der Waals surface area contributed by atoms with E-state index in [2.05, 4.69) is 13.1 Å². The maximum atomic E-state index is 13.2. The number of fused-ring (bicyclic) bond motifs is 2. The molecule has 2 radical (unpaired) electrons. The predicted molar refractivity (Wildman–Crippen MR) is 279 cm³/mol. The number of aryl methyl sites for hydroxylation is 1. The number of rotatable bonds is 34. The molecule has 5 atom stereocenters. The van der Waals surface area contributed by atoms with Gasteiger partial charge in [-0.25, -0.2) is 18.5 Å². The van der Waals surface area contributed by atoms with Crippen LogP contribution in [0.25, 0.3) is 33.4 Å². The Kier molecular flexibility index (Phi) is 23.8. The first-order chi connectivity index (χ1) is 35.3. The molecular formula is C46H62BN2O21P3S2. The van der Waals surface area contributed by atoms with E-state index in [1.807, 2.05) is 20.8 Å². The van der Waals surface area contributed by atoms with Crippen molar-refractivity contribution in [3.63, 3.8) is 0 Å². The number of hydrogen-bond donors (Lipinski definition) is 7. The van der Waals surface area contributed by atoms with Crippen LogP contribution in [0.4, 0.5) is 5.69 Å². The molecule has 0 spiro atoms. The Balaban J connectivity index is 0.884. The number of carbonyl (C=O) groups is 3. The second kappa shape index (κ2) is 28.5. The lowest BCUT2D eigenvalue weighted by molar-refractivity contribution is -0.120. The number of anilines is 1. The summed E-state index contributed by atoms with van der Waals surface area (Å²) in [5, 5.41) is 19.6. The van der Waals surface area contributed by atoms with E-state index in [0.717, 1.165) is 0 Å². The molecule has 5 rings (SSSR count). The van der Waals surface area contributed by atoms with Gasteiger partial charge in [-0.05, 0) is 82.9 Å². The molecule has 3 unspecified atom stereocenters. The summed E-state index contributed by atoms with van der Waals surface area (Å²) in [4.78, 5) is 74.8. The summed E-state index contributed by atoms with van der Waals surface area (Å²) < 4.78 is 86.0. The van der Waals surface area contributed by atoms with Gasteiger partial charge in [0.15, 0.2) is 5.78 Å². The molecule has 29 heteroatoms. The van der Waals surface area contributed by atoms with Gasteiger partial charge >= 0.3 is 29.4 Å². The molecule has 1 fully saturated rings. The zero-order valence-corrected chi connectivity index (χ0v) is 46.0. The Bertz CT molecular complexity index is 2800. The predicted octanol–water partition coefficient (Wildman–Crippen LogP) is 7.48. The zero-order chi connectivity index (χ0) is 55.1. The number of nitrogens with two attached hydrogens (primary N) is 1. The maximum Gasteiger partial charge on any atom is 0.490 e. The van der Waals surface area contributed by atoms with Gasteiger partial charge in [0.2, 0.25) is 0 Å². The quantitative estimate of drug-likeness (QED) is 0.00348. The van der Waals surface area contributed by atoms with Crippen LogP contribution in [0.1, 0.15) is 84.2 Å². The molecule has 75 heavy (non-hydrogen) atoms. The van der Waals surface area contributed by atoms with Crippen LogP contribution >= 0.6 is 45.1 Å². The summed E-state index contributed by atoms with van der Waals surface area (Å²) in [6, 6.07) is 10.8. The van der Waals surface area contributed by atoms with Gasteiger partial charge < -0.3 is 68.7 Å². The van der Waals surface area contributed by atoms with Crippen molar-refractivity contribution in [2.75, 3.05) is 71.1 Å². The van der Waals surface area contributed by atoms with Crippen molar-refractivity contribution in [3.8, 4) is 22.5 Å². The topological polar surface area (TPSA) is 350 Å². The highest BCUT2D eigenvalue weighted by atomic mass is 33.1. The number of nitrogens with one attached hydrogen (secondary N) is 1. The first-order valence-corrected chi connectivity index (χ1v) is 30.3. The number of carbonyl (C=O) groups excluding carboxylic acids is 2. The molecule has 2 aliphatic heterocycles. The van der Waals surface area contributed by atoms with Gasteiger partial charge in [-0.2, -0.15) is 8.62 Å². The van der Waals surface area contributed by atoms with Gasteiger partial charge in [0.1, 0.15) is 37.0 Å². The molecule has 412 valence electrons. The van der Waals surface area contributed by atoms with E-state index in [0.29, 0.717) is 116 Å². The van der Waals surface area contributed by atoms with Crippen molar-refractivity contribution < 1.29 is 98.7 Å². The van der Waals surface area contributed by atoms with Crippen molar-refractivity contribution in [1.29, 1.82) is 5.41 Å². The Hall–Kier alpha value is -3.33. The van der Waals surface area contributed by atoms with E-state index in [-0.39, 0.29) is 64.6 Å². The van der Waals surface area contributed by atoms with Crippen molar-refractivity contribution >= 4 is 87.1 Å². The molecule has 1 aliphatic carbocycles. The molecule has 8 N–H and O–H groups in total. The average molecular weight is 1150 g/mol. The lowest BCUT2D eigenvalue weighted by Gasteiger charge is -2.24. The van der Waals surface area contributed by atoms with Crippen LogP contribution in [0.2, 0.25) is 0 Å².